The molecule has 38 heavy (non-hydrogen) atoms. The lowest BCUT2D eigenvalue weighted by molar-refractivity contribution is -0.184. The summed E-state index contributed by atoms with van der Waals surface area (Å²) in [5, 5.41) is 11.6. The molecule has 2 aromatic carbocycles. The molecule has 2 aliphatic rings. The van der Waals surface area contributed by atoms with Gasteiger partial charge in [-0.2, -0.15) is 13.2 Å². The number of piperidine rings is 1. The highest BCUT2D eigenvalue weighted by atomic mass is 28.3. The van der Waals surface area contributed by atoms with Gasteiger partial charge < -0.3 is 24.2 Å². The molecule has 0 bridgehead atoms. The van der Waals surface area contributed by atoms with Crippen molar-refractivity contribution in [3.05, 3.63) is 59.3 Å². The third-order valence-corrected chi connectivity index (χ3v) is 9.77. The molecule has 1 radical (unpaired) electrons. The smallest absolute Gasteiger partial charge is 0.411 e. The first-order valence-corrected chi connectivity index (χ1v) is 14.4. The largest absolute Gasteiger partial charge is 0.497 e. The van der Waals surface area contributed by atoms with Crippen molar-refractivity contribution in [3.8, 4) is 11.5 Å². The number of anilines is 1. The van der Waals surface area contributed by atoms with Crippen molar-refractivity contribution in [1.29, 1.82) is 0 Å². The van der Waals surface area contributed by atoms with E-state index in [0.717, 1.165) is 49.0 Å². The summed E-state index contributed by atoms with van der Waals surface area (Å²) in [6.07, 6.45) is -0.343. The molecule has 1 fully saturated rings. The molecule has 0 aromatic heterocycles. The van der Waals surface area contributed by atoms with E-state index in [-0.39, 0.29) is 6.04 Å². The summed E-state index contributed by atoms with van der Waals surface area (Å²) < 4.78 is 54.7. The predicted octanol–water partition coefficient (Wildman–Crippen LogP) is 5.29. The van der Waals surface area contributed by atoms with Gasteiger partial charge in [0.05, 0.1) is 19.8 Å². The molecular formula is C28H33F3NO5Si. The van der Waals surface area contributed by atoms with Crippen LogP contribution < -0.4 is 19.6 Å². The lowest BCUT2D eigenvalue weighted by Gasteiger charge is -2.35. The second-order valence-corrected chi connectivity index (χ2v) is 12.3. The van der Waals surface area contributed by atoms with Crippen molar-refractivity contribution in [2.75, 3.05) is 38.3 Å². The van der Waals surface area contributed by atoms with Crippen LogP contribution in [0.2, 0.25) is 6.04 Å². The van der Waals surface area contributed by atoms with Crippen molar-refractivity contribution in [3.63, 3.8) is 0 Å². The van der Waals surface area contributed by atoms with Gasteiger partial charge in [0.15, 0.2) is 0 Å². The monoisotopic (exact) mass is 548 g/mol. The SMILES string of the molecule is COc1ccc(C(C)OCC(F)(F)F)c(N2CCC(COc3cccc([Si](CC(=O)O)C4=CC4)c3)CC2)c1. The average molecular weight is 549 g/mol. The van der Waals surface area contributed by atoms with E-state index in [0.29, 0.717) is 23.8 Å². The van der Waals surface area contributed by atoms with Crippen molar-refractivity contribution >= 4 is 25.6 Å². The van der Waals surface area contributed by atoms with Crippen LogP contribution in [-0.2, 0) is 9.53 Å². The number of allylic oxidation sites excluding steroid dienone is 2. The van der Waals surface area contributed by atoms with E-state index >= 15 is 0 Å². The minimum Gasteiger partial charge on any atom is -0.497 e. The highest BCUT2D eigenvalue weighted by molar-refractivity contribution is 6.82. The molecule has 0 spiro atoms. The summed E-state index contributed by atoms with van der Waals surface area (Å²) in [6, 6.07) is 13.4. The van der Waals surface area contributed by atoms with Crippen molar-refractivity contribution in [1.82, 2.24) is 0 Å². The Morgan fingerprint density at radius 1 is 1.16 bits per heavy atom. The Hall–Kier alpha value is -2.98. The van der Waals surface area contributed by atoms with Gasteiger partial charge in [-0.05, 0) is 50.3 Å². The summed E-state index contributed by atoms with van der Waals surface area (Å²) in [5.74, 6) is 0.954. The number of halogens is 3. The summed E-state index contributed by atoms with van der Waals surface area (Å²) in [7, 11) is 0.297. The molecule has 0 saturated carbocycles. The molecule has 10 heteroatoms. The van der Waals surface area contributed by atoms with Gasteiger partial charge in [0.1, 0.15) is 26.9 Å². The standard InChI is InChI=1S/C28H33F3NO5Si/c1-19(37-18-28(29,30)31)25-9-6-21(35-2)15-26(25)32-12-10-20(11-13-32)16-36-22-4-3-5-24(14-22)38(17-27(33)34)23-7-8-23/h3-7,9,14-15,19-20H,8,10-13,16-18H2,1-2H3,(H,33,34). The van der Waals surface area contributed by atoms with E-state index in [9.17, 15) is 23.1 Å². The topological polar surface area (TPSA) is 68.2 Å². The van der Waals surface area contributed by atoms with Gasteiger partial charge >= 0.3 is 12.1 Å². The van der Waals surface area contributed by atoms with Gasteiger partial charge in [-0.3, -0.25) is 4.79 Å². The number of alkyl halides is 3. The van der Waals surface area contributed by atoms with Gasteiger partial charge in [0, 0.05) is 36.5 Å². The van der Waals surface area contributed by atoms with Crippen LogP contribution in [-0.4, -0.2) is 59.5 Å². The summed E-state index contributed by atoms with van der Waals surface area (Å²) >= 11 is 0. The Morgan fingerprint density at radius 3 is 2.53 bits per heavy atom. The van der Waals surface area contributed by atoms with Crippen molar-refractivity contribution in [2.24, 2.45) is 5.92 Å². The van der Waals surface area contributed by atoms with E-state index < -0.39 is 33.7 Å². The summed E-state index contributed by atoms with van der Waals surface area (Å²) in [4.78, 5) is 13.5. The molecule has 205 valence electrons. The fourth-order valence-electron chi connectivity index (χ4n) is 4.76. The molecular weight excluding hydrogens is 515 g/mol. The highest BCUT2D eigenvalue weighted by Gasteiger charge is 2.30. The molecule has 6 nitrogen and oxygen atoms in total. The van der Waals surface area contributed by atoms with Gasteiger partial charge in [-0.15, -0.1) is 0 Å². The summed E-state index contributed by atoms with van der Waals surface area (Å²) in [5.41, 5.74) is 1.53. The molecule has 1 heterocycles. The van der Waals surface area contributed by atoms with E-state index in [2.05, 4.69) is 11.0 Å². The Balaban J connectivity index is 1.35. The van der Waals surface area contributed by atoms with Gasteiger partial charge in [-0.1, -0.05) is 34.7 Å². The number of rotatable bonds is 12. The first kappa shape index (κ1) is 28.0. The molecule has 1 N–H and O–H groups in total. The fraction of sp³-hybridized carbons (Fsp3) is 0.464. The second-order valence-electron chi connectivity index (χ2n) is 9.74. The zero-order valence-corrected chi connectivity index (χ0v) is 22.6. The Morgan fingerprint density at radius 2 is 1.89 bits per heavy atom. The summed E-state index contributed by atoms with van der Waals surface area (Å²) in [6.45, 7) is 2.36. The quantitative estimate of drug-likeness (QED) is 0.364. The number of hydrogen-bond acceptors (Lipinski definition) is 5. The number of carbonyl (C=O) groups is 1. The van der Waals surface area contributed by atoms with Crippen LogP contribution in [0.25, 0.3) is 0 Å². The number of carboxylic acid groups (broad SMARTS) is 1. The second kappa shape index (κ2) is 12.3. The van der Waals surface area contributed by atoms with Gasteiger partial charge in [0.25, 0.3) is 0 Å². The maximum Gasteiger partial charge on any atom is 0.411 e. The third-order valence-electron chi connectivity index (χ3n) is 6.92. The van der Waals surface area contributed by atoms with Gasteiger partial charge in [-0.25, -0.2) is 0 Å². The zero-order valence-electron chi connectivity index (χ0n) is 21.6. The van der Waals surface area contributed by atoms with Crippen LogP contribution in [0, 0.1) is 5.92 Å². The first-order chi connectivity index (χ1) is 18.1. The molecule has 0 amide bonds. The molecule has 4 rings (SSSR count). The number of ether oxygens (including phenoxy) is 3. The van der Waals surface area contributed by atoms with Crippen LogP contribution in [0.15, 0.2) is 53.7 Å². The average Bonchev–Trinajstić information content (AvgIpc) is 3.74. The zero-order chi connectivity index (χ0) is 27.3. The number of benzene rings is 2. The highest BCUT2D eigenvalue weighted by Crippen LogP contribution is 2.35. The minimum absolute atomic E-state index is 0.171. The normalized spacial score (nSPS) is 16.8. The van der Waals surface area contributed by atoms with Crippen molar-refractivity contribution < 1.29 is 37.3 Å². The predicted molar refractivity (Wildman–Crippen MR) is 141 cm³/mol. The van der Waals surface area contributed by atoms with Crippen LogP contribution in [0.5, 0.6) is 11.5 Å². The fourth-order valence-corrected chi connectivity index (χ4v) is 7.07. The van der Waals surface area contributed by atoms with E-state index in [1.165, 1.54) is 5.20 Å². The Kier molecular flexibility index (Phi) is 9.04. The number of methoxy groups -OCH3 is 1. The molecule has 1 aliphatic carbocycles. The maximum absolute atomic E-state index is 12.7. The van der Waals surface area contributed by atoms with E-state index in [4.69, 9.17) is 14.2 Å². The maximum atomic E-state index is 12.7. The minimum atomic E-state index is -4.38. The Bertz CT molecular complexity index is 1150. The molecule has 1 aliphatic heterocycles. The van der Waals surface area contributed by atoms with Crippen LogP contribution in [0.1, 0.15) is 37.9 Å². The van der Waals surface area contributed by atoms with E-state index in [1.807, 2.05) is 30.3 Å². The first-order valence-electron chi connectivity index (χ1n) is 12.7. The van der Waals surface area contributed by atoms with Crippen LogP contribution >= 0.6 is 0 Å². The van der Waals surface area contributed by atoms with Gasteiger partial charge in [0.2, 0.25) is 0 Å². The molecule has 2 aromatic rings. The number of hydrogen-bond donors (Lipinski definition) is 1. The van der Waals surface area contributed by atoms with E-state index in [1.54, 1.807) is 26.2 Å². The number of aliphatic carboxylic acids is 1. The third kappa shape index (κ3) is 7.77. The van der Waals surface area contributed by atoms with Crippen LogP contribution in [0.3, 0.4) is 0 Å². The number of carboxylic acids is 1. The molecule has 1 saturated heterocycles. The Labute approximate surface area is 222 Å². The van der Waals surface area contributed by atoms with Crippen molar-refractivity contribution in [2.45, 2.75) is 44.5 Å². The number of nitrogens with zero attached hydrogens (tertiary/aromatic N) is 1. The van der Waals surface area contributed by atoms with Crippen LogP contribution in [0.4, 0.5) is 18.9 Å². The lowest BCUT2D eigenvalue weighted by Crippen LogP contribution is -2.36. The molecule has 1 unspecified atom stereocenters. The lowest BCUT2D eigenvalue weighted by atomic mass is 9.96. The molecule has 1 atom stereocenters.